The third-order valence-electron chi connectivity index (χ3n) is 5.33. The van der Waals surface area contributed by atoms with E-state index in [1.165, 1.54) is 10.9 Å². The molecule has 2 fully saturated rings. The standard InChI is InChI=1S/C15H23N5O14P2/c16-12-7-13(18-3-17-12)20(4-19-7)14-10(24)9(23)6(31-14)2-30-36(29,34-35(26,27)28)33-15-11(25)8(22)5(1-21)32-15/h3-6,8-11,14-15,21-25H,1-2H2,(H2,16,17,18)(H2,26,27,28)/t5-,6-,8-,9?,10?,11-,14-,15?,36?/m1/s1. The number of fused-ring (bicyclic) bond motifs is 1. The van der Waals surface area contributed by atoms with Crippen molar-refractivity contribution in [2.24, 2.45) is 0 Å². The summed E-state index contributed by atoms with van der Waals surface area (Å²) in [6, 6.07) is 0. The van der Waals surface area contributed by atoms with Crippen molar-refractivity contribution < 1.29 is 67.3 Å². The number of nitrogen functional groups attached to an aromatic ring is 1. The first kappa shape index (κ1) is 27.4. The molecule has 4 rings (SSSR count). The van der Waals surface area contributed by atoms with Crippen molar-refractivity contribution in [1.82, 2.24) is 19.5 Å². The van der Waals surface area contributed by atoms with Crippen LogP contribution in [-0.4, -0.2) is 111 Å². The second-order valence-corrected chi connectivity index (χ2v) is 10.8. The highest BCUT2D eigenvalue weighted by molar-refractivity contribution is 7.61. The maximum absolute atomic E-state index is 13.0. The molecular formula is C15H23N5O14P2. The van der Waals surface area contributed by atoms with Gasteiger partial charge in [0.1, 0.15) is 48.5 Å². The summed E-state index contributed by atoms with van der Waals surface area (Å²) in [4.78, 5) is 30.1. The van der Waals surface area contributed by atoms with E-state index >= 15 is 0 Å². The molecule has 2 aromatic rings. The molecule has 4 heterocycles. The number of hydrogen-bond donors (Lipinski definition) is 8. The van der Waals surface area contributed by atoms with Gasteiger partial charge in [-0.25, -0.2) is 24.1 Å². The van der Waals surface area contributed by atoms with E-state index in [4.69, 9.17) is 39.1 Å². The van der Waals surface area contributed by atoms with Crippen LogP contribution in [-0.2, 0) is 32.0 Å². The number of nitrogens with zero attached hydrogens (tertiary/aromatic N) is 4. The van der Waals surface area contributed by atoms with Gasteiger partial charge in [0.15, 0.2) is 24.0 Å². The Morgan fingerprint density at radius 2 is 1.69 bits per heavy atom. The number of anilines is 1. The Balaban J connectivity index is 1.49. The second kappa shape index (κ2) is 10.2. The summed E-state index contributed by atoms with van der Waals surface area (Å²) in [5.41, 5.74) is 6.07. The minimum absolute atomic E-state index is 0.0456. The van der Waals surface area contributed by atoms with Crippen LogP contribution in [0, 0.1) is 0 Å². The first-order valence-corrected chi connectivity index (χ1v) is 13.1. The quantitative estimate of drug-likeness (QED) is 0.140. The molecule has 202 valence electrons. The van der Waals surface area contributed by atoms with Crippen LogP contribution in [0.3, 0.4) is 0 Å². The fourth-order valence-corrected chi connectivity index (χ4v) is 5.80. The molecule has 0 radical (unpaired) electrons. The molecular weight excluding hydrogens is 536 g/mol. The topological polar surface area (TPSA) is 292 Å². The molecule has 9 N–H and O–H groups in total. The van der Waals surface area contributed by atoms with Crippen molar-refractivity contribution in [3.8, 4) is 0 Å². The minimum Gasteiger partial charge on any atom is -0.394 e. The highest BCUT2D eigenvalue weighted by Crippen LogP contribution is 2.62. The van der Waals surface area contributed by atoms with Gasteiger partial charge in [-0.2, -0.15) is 4.31 Å². The summed E-state index contributed by atoms with van der Waals surface area (Å²) in [6.07, 6.45) is -10.6. The Labute approximate surface area is 200 Å². The molecule has 0 aromatic carbocycles. The van der Waals surface area contributed by atoms with Gasteiger partial charge in [0.05, 0.1) is 19.5 Å². The Bertz CT molecular complexity index is 1180. The smallest absolute Gasteiger partial charge is 0.394 e. The van der Waals surface area contributed by atoms with Crippen LogP contribution >= 0.6 is 15.6 Å². The number of aliphatic hydroxyl groups is 5. The van der Waals surface area contributed by atoms with E-state index in [-0.39, 0.29) is 17.0 Å². The van der Waals surface area contributed by atoms with Gasteiger partial charge in [-0.05, 0) is 0 Å². The van der Waals surface area contributed by atoms with Gasteiger partial charge in [0, 0.05) is 0 Å². The molecule has 21 heteroatoms. The van der Waals surface area contributed by atoms with Crippen LogP contribution in [0.15, 0.2) is 12.7 Å². The van der Waals surface area contributed by atoms with Crippen LogP contribution in [0.5, 0.6) is 0 Å². The Hall–Kier alpha value is -1.67. The predicted molar refractivity (Wildman–Crippen MR) is 111 cm³/mol. The van der Waals surface area contributed by atoms with Gasteiger partial charge in [-0.1, -0.05) is 0 Å². The third-order valence-corrected chi connectivity index (χ3v) is 7.92. The van der Waals surface area contributed by atoms with Crippen LogP contribution in [0.1, 0.15) is 6.23 Å². The van der Waals surface area contributed by atoms with Crippen molar-refractivity contribution in [2.75, 3.05) is 18.9 Å². The van der Waals surface area contributed by atoms with Gasteiger partial charge in [-0.15, -0.1) is 0 Å². The number of aliphatic hydroxyl groups excluding tert-OH is 5. The van der Waals surface area contributed by atoms with E-state index in [0.717, 1.165) is 6.33 Å². The van der Waals surface area contributed by atoms with E-state index < -0.39 is 78.0 Å². The number of nitrogens with two attached hydrogens (primary N) is 1. The molecule has 0 amide bonds. The lowest BCUT2D eigenvalue weighted by atomic mass is 10.1. The van der Waals surface area contributed by atoms with E-state index in [1.807, 2.05) is 0 Å². The SMILES string of the molecule is Nc1ncnc2c1ncn2[C@@H]1O[C@H](COP(=O)(OC2O[C@H](CO)[C@@H](O)[C@H]2O)OP(=O)(O)O)C(O)C1O. The van der Waals surface area contributed by atoms with E-state index in [1.54, 1.807) is 0 Å². The summed E-state index contributed by atoms with van der Waals surface area (Å²) in [5, 5.41) is 49.8. The number of phosphoric acid groups is 2. The van der Waals surface area contributed by atoms with E-state index in [0.29, 0.717) is 0 Å². The molecule has 0 saturated carbocycles. The molecule has 4 unspecified atom stereocenters. The van der Waals surface area contributed by atoms with Crippen LogP contribution in [0.2, 0.25) is 0 Å². The molecule has 2 aromatic heterocycles. The number of hydrogen-bond acceptors (Lipinski definition) is 16. The number of ether oxygens (including phenoxy) is 2. The number of imidazole rings is 1. The predicted octanol–water partition coefficient (Wildman–Crippen LogP) is -3.28. The molecule has 2 aliphatic heterocycles. The van der Waals surface area contributed by atoms with Gasteiger partial charge in [0.2, 0.25) is 0 Å². The average molecular weight is 559 g/mol. The number of aromatic nitrogens is 4. The lowest BCUT2D eigenvalue weighted by Crippen LogP contribution is -2.35. The number of phosphoric ester groups is 1. The summed E-state index contributed by atoms with van der Waals surface area (Å²) in [5.74, 6) is 0.0456. The molecule has 2 aliphatic rings. The molecule has 19 nitrogen and oxygen atoms in total. The van der Waals surface area contributed by atoms with Gasteiger partial charge in [-0.3, -0.25) is 13.6 Å². The van der Waals surface area contributed by atoms with Gasteiger partial charge in [0.25, 0.3) is 0 Å². The summed E-state index contributed by atoms with van der Waals surface area (Å²) >= 11 is 0. The normalized spacial score (nSPS) is 34.9. The molecule has 2 saturated heterocycles. The van der Waals surface area contributed by atoms with Crippen molar-refractivity contribution in [2.45, 2.75) is 49.1 Å². The fourth-order valence-electron chi connectivity index (χ4n) is 3.60. The lowest BCUT2D eigenvalue weighted by molar-refractivity contribution is -0.130. The Morgan fingerprint density at radius 3 is 2.33 bits per heavy atom. The van der Waals surface area contributed by atoms with E-state index in [9.17, 15) is 29.6 Å². The second-order valence-electron chi connectivity index (χ2n) is 7.76. The van der Waals surface area contributed by atoms with Gasteiger partial charge >= 0.3 is 15.6 Å². The number of rotatable bonds is 9. The fraction of sp³-hybridized carbons (Fsp3) is 0.667. The van der Waals surface area contributed by atoms with Crippen molar-refractivity contribution in [1.29, 1.82) is 0 Å². The van der Waals surface area contributed by atoms with Crippen LogP contribution in [0.4, 0.5) is 5.82 Å². The summed E-state index contributed by atoms with van der Waals surface area (Å²) < 4.78 is 49.9. The first-order chi connectivity index (χ1) is 16.8. The zero-order valence-electron chi connectivity index (χ0n) is 17.9. The van der Waals surface area contributed by atoms with Crippen molar-refractivity contribution in [3.63, 3.8) is 0 Å². The van der Waals surface area contributed by atoms with Crippen molar-refractivity contribution >= 4 is 32.6 Å². The molecule has 0 spiro atoms. The first-order valence-electron chi connectivity index (χ1n) is 10.1. The zero-order chi connectivity index (χ0) is 26.4. The van der Waals surface area contributed by atoms with E-state index in [2.05, 4.69) is 19.3 Å². The molecule has 36 heavy (non-hydrogen) atoms. The van der Waals surface area contributed by atoms with Crippen LogP contribution < -0.4 is 5.73 Å². The van der Waals surface area contributed by atoms with Crippen molar-refractivity contribution in [3.05, 3.63) is 12.7 Å². The Morgan fingerprint density at radius 1 is 1.00 bits per heavy atom. The average Bonchev–Trinajstić information content (AvgIpc) is 3.43. The largest absolute Gasteiger partial charge is 0.486 e. The maximum atomic E-state index is 13.0. The summed E-state index contributed by atoms with van der Waals surface area (Å²) in [7, 11) is -10.8. The monoisotopic (exact) mass is 559 g/mol. The third kappa shape index (κ3) is 5.45. The molecule has 0 bridgehead atoms. The molecule has 9 atom stereocenters. The lowest BCUT2D eigenvalue weighted by Gasteiger charge is -2.24. The highest BCUT2D eigenvalue weighted by Gasteiger charge is 2.51. The van der Waals surface area contributed by atoms with Gasteiger partial charge < -0.3 is 50.5 Å². The molecule has 0 aliphatic carbocycles. The Kier molecular flexibility index (Phi) is 7.78. The minimum atomic E-state index is -5.53. The maximum Gasteiger partial charge on any atom is 0.486 e. The summed E-state index contributed by atoms with van der Waals surface area (Å²) in [6.45, 7) is -1.69. The highest BCUT2D eigenvalue weighted by atomic mass is 31.3. The van der Waals surface area contributed by atoms with Crippen LogP contribution in [0.25, 0.3) is 11.2 Å². The zero-order valence-corrected chi connectivity index (χ0v) is 19.7.